The summed E-state index contributed by atoms with van der Waals surface area (Å²) < 4.78 is 5.12. The number of fused-ring (bicyclic) bond motifs is 4. The van der Waals surface area contributed by atoms with E-state index in [1.54, 1.807) is 31.4 Å². The van der Waals surface area contributed by atoms with Gasteiger partial charge in [0.1, 0.15) is 11.3 Å². The molecule has 1 amide bonds. The van der Waals surface area contributed by atoms with Gasteiger partial charge in [0.15, 0.2) is 5.65 Å². The van der Waals surface area contributed by atoms with E-state index >= 15 is 0 Å². The lowest BCUT2D eigenvalue weighted by Crippen LogP contribution is -2.11. The maximum absolute atomic E-state index is 12.5. The normalized spacial score (nSPS) is 11.2. The first-order valence-electron chi connectivity index (χ1n) is 8.85. The number of ether oxygens (including phenoxy) is 1. The molecule has 0 aliphatic carbocycles. The molecule has 0 atom stereocenters. The number of aromatic amines is 1. The van der Waals surface area contributed by atoms with E-state index < -0.39 is 0 Å². The van der Waals surface area contributed by atoms with E-state index in [0.29, 0.717) is 17.0 Å². The van der Waals surface area contributed by atoms with Gasteiger partial charge in [-0.05, 0) is 48.5 Å². The number of amides is 1. The quantitative estimate of drug-likeness (QED) is 0.490. The Morgan fingerprint density at radius 3 is 2.61 bits per heavy atom. The molecule has 0 saturated carbocycles. The van der Waals surface area contributed by atoms with Gasteiger partial charge < -0.3 is 15.0 Å². The molecule has 2 aromatic heterocycles. The molecule has 28 heavy (non-hydrogen) atoms. The molecular weight excluding hydrogens is 352 g/mol. The third-order valence-corrected chi connectivity index (χ3v) is 4.71. The molecule has 0 radical (unpaired) electrons. The number of hydrogen-bond acceptors (Lipinski definition) is 4. The van der Waals surface area contributed by atoms with Gasteiger partial charge in [-0.3, -0.25) is 4.79 Å². The SMILES string of the molecule is COc1ccc(C(=O)Nc2ccc3nc4[nH]c5ccccc5c4nc3c2)cc1. The maximum atomic E-state index is 12.5. The number of rotatable bonds is 3. The van der Waals surface area contributed by atoms with Gasteiger partial charge in [-0.1, -0.05) is 18.2 Å². The van der Waals surface area contributed by atoms with Gasteiger partial charge in [0.2, 0.25) is 0 Å². The van der Waals surface area contributed by atoms with E-state index in [2.05, 4.69) is 15.3 Å². The number of methoxy groups -OCH3 is 1. The molecule has 5 aromatic rings. The van der Waals surface area contributed by atoms with Crippen LogP contribution >= 0.6 is 0 Å². The standard InChI is InChI=1S/C22H16N4O2/c1-28-15-9-6-13(7-10-15)22(27)23-14-8-11-18-19(12-14)24-20-16-4-2-3-5-17(16)25-21(20)26-18/h2-12H,1H3,(H,23,27)(H,25,26). The van der Waals surface area contributed by atoms with Crippen LogP contribution in [0, 0.1) is 0 Å². The van der Waals surface area contributed by atoms with Crippen molar-refractivity contribution in [3.05, 3.63) is 72.3 Å². The topological polar surface area (TPSA) is 79.9 Å². The minimum atomic E-state index is -0.192. The Bertz CT molecular complexity index is 1340. The average Bonchev–Trinajstić information content (AvgIpc) is 3.09. The minimum absolute atomic E-state index is 0.192. The van der Waals surface area contributed by atoms with Crippen molar-refractivity contribution in [1.29, 1.82) is 0 Å². The Labute approximate surface area is 160 Å². The largest absolute Gasteiger partial charge is 0.497 e. The number of carbonyl (C=O) groups is 1. The van der Waals surface area contributed by atoms with Gasteiger partial charge in [-0.2, -0.15) is 0 Å². The van der Waals surface area contributed by atoms with Crippen molar-refractivity contribution in [1.82, 2.24) is 15.0 Å². The highest BCUT2D eigenvalue weighted by Crippen LogP contribution is 2.26. The van der Waals surface area contributed by atoms with E-state index in [1.165, 1.54) is 0 Å². The number of nitrogens with one attached hydrogen (secondary N) is 2. The van der Waals surface area contributed by atoms with Gasteiger partial charge in [-0.25, -0.2) is 9.97 Å². The van der Waals surface area contributed by atoms with Crippen LogP contribution in [0.3, 0.4) is 0 Å². The van der Waals surface area contributed by atoms with Gasteiger partial charge in [0.05, 0.1) is 18.1 Å². The van der Waals surface area contributed by atoms with Crippen LogP contribution in [0.5, 0.6) is 5.75 Å². The zero-order valence-electron chi connectivity index (χ0n) is 15.1. The second-order valence-electron chi connectivity index (χ2n) is 6.48. The smallest absolute Gasteiger partial charge is 0.255 e. The molecule has 2 N–H and O–H groups in total. The zero-order chi connectivity index (χ0) is 19.1. The maximum Gasteiger partial charge on any atom is 0.255 e. The van der Waals surface area contributed by atoms with Crippen LogP contribution in [0.15, 0.2) is 66.7 Å². The van der Waals surface area contributed by atoms with Crippen LogP contribution in [-0.4, -0.2) is 28.0 Å². The Morgan fingerprint density at radius 1 is 0.964 bits per heavy atom. The number of hydrogen-bond donors (Lipinski definition) is 2. The van der Waals surface area contributed by atoms with Gasteiger partial charge in [0.25, 0.3) is 5.91 Å². The summed E-state index contributed by atoms with van der Waals surface area (Å²) in [6.07, 6.45) is 0. The van der Waals surface area contributed by atoms with Crippen LogP contribution < -0.4 is 10.1 Å². The van der Waals surface area contributed by atoms with E-state index in [9.17, 15) is 4.79 Å². The second-order valence-corrected chi connectivity index (χ2v) is 6.48. The fourth-order valence-corrected chi connectivity index (χ4v) is 3.28. The predicted molar refractivity (Wildman–Crippen MR) is 110 cm³/mol. The van der Waals surface area contributed by atoms with Gasteiger partial charge in [0, 0.05) is 22.2 Å². The molecule has 6 heteroatoms. The van der Waals surface area contributed by atoms with E-state index in [0.717, 1.165) is 33.1 Å². The van der Waals surface area contributed by atoms with Crippen molar-refractivity contribution in [2.24, 2.45) is 0 Å². The van der Waals surface area contributed by atoms with E-state index in [1.807, 2.05) is 42.5 Å². The van der Waals surface area contributed by atoms with Crippen molar-refractivity contribution in [2.75, 3.05) is 12.4 Å². The van der Waals surface area contributed by atoms with E-state index in [4.69, 9.17) is 9.72 Å². The summed E-state index contributed by atoms with van der Waals surface area (Å²) in [5.41, 5.74) is 5.29. The summed E-state index contributed by atoms with van der Waals surface area (Å²) in [4.78, 5) is 25.2. The molecule has 0 unspecified atom stereocenters. The Kier molecular flexibility index (Phi) is 3.69. The number of benzene rings is 3. The molecule has 0 aliphatic rings. The van der Waals surface area contributed by atoms with Crippen LogP contribution in [-0.2, 0) is 0 Å². The van der Waals surface area contributed by atoms with Crippen molar-refractivity contribution < 1.29 is 9.53 Å². The van der Waals surface area contributed by atoms with Crippen LogP contribution in [0.25, 0.3) is 33.1 Å². The molecule has 5 rings (SSSR count). The Hall–Kier alpha value is -3.93. The molecule has 0 bridgehead atoms. The lowest BCUT2D eigenvalue weighted by atomic mass is 10.2. The number of para-hydroxylation sites is 1. The highest BCUT2D eigenvalue weighted by Gasteiger charge is 2.10. The fraction of sp³-hybridized carbons (Fsp3) is 0.0455. The van der Waals surface area contributed by atoms with Crippen molar-refractivity contribution in [2.45, 2.75) is 0 Å². The van der Waals surface area contributed by atoms with E-state index in [-0.39, 0.29) is 5.91 Å². The summed E-state index contributed by atoms with van der Waals surface area (Å²) in [5.74, 6) is 0.517. The Morgan fingerprint density at radius 2 is 1.79 bits per heavy atom. The summed E-state index contributed by atoms with van der Waals surface area (Å²) >= 11 is 0. The molecule has 3 aromatic carbocycles. The molecular formula is C22H16N4O2. The molecule has 2 heterocycles. The summed E-state index contributed by atoms with van der Waals surface area (Å²) in [6.45, 7) is 0. The third-order valence-electron chi connectivity index (χ3n) is 4.71. The number of anilines is 1. The number of H-pyrrole nitrogens is 1. The fourth-order valence-electron chi connectivity index (χ4n) is 3.28. The molecule has 0 spiro atoms. The van der Waals surface area contributed by atoms with Crippen molar-refractivity contribution >= 4 is 44.7 Å². The first kappa shape index (κ1) is 16.3. The van der Waals surface area contributed by atoms with Crippen molar-refractivity contribution in [3.63, 3.8) is 0 Å². The molecule has 0 saturated heterocycles. The molecule has 6 nitrogen and oxygen atoms in total. The third kappa shape index (κ3) is 2.72. The molecule has 0 aliphatic heterocycles. The number of nitrogens with zero attached hydrogens (tertiary/aromatic N) is 2. The van der Waals surface area contributed by atoms with Crippen molar-refractivity contribution in [3.8, 4) is 5.75 Å². The highest BCUT2D eigenvalue weighted by atomic mass is 16.5. The predicted octanol–water partition coefficient (Wildman–Crippen LogP) is 4.53. The number of carbonyl (C=O) groups excluding carboxylic acids is 1. The highest BCUT2D eigenvalue weighted by molar-refractivity contribution is 6.07. The second kappa shape index (κ2) is 6.35. The van der Waals surface area contributed by atoms with Gasteiger partial charge >= 0.3 is 0 Å². The number of aromatic nitrogens is 3. The summed E-state index contributed by atoms with van der Waals surface area (Å²) in [6, 6.07) is 20.5. The molecule has 136 valence electrons. The first-order valence-corrected chi connectivity index (χ1v) is 8.85. The van der Waals surface area contributed by atoms with Crippen LogP contribution in [0.1, 0.15) is 10.4 Å². The average molecular weight is 368 g/mol. The lowest BCUT2D eigenvalue weighted by molar-refractivity contribution is 0.102. The lowest BCUT2D eigenvalue weighted by Gasteiger charge is -2.07. The zero-order valence-corrected chi connectivity index (χ0v) is 15.1. The summed E-state index contributed by atoms with van der Waals surface area (Å²) in [7, 11) is 1.59. The van der Waals surface area contributed by atoms with Gasteiger partial charge in [-0.15, -0.1) is 0 Å². The first-order chi connectivity index (χ1) is 13.7. The summed E-state index contributed by atoms with van der Waals surface area (Å²) in [5, 5.41) is 3.94. The molecule has 0 fully saturated rings. The minimum Gasteiger partial charge on any atom is -0.497 e. The Balaban J connectivity index is 1.51. The van der Waals surface area contributed by atoms with Crippen LogP contribution in [0.4, 0.5) is 5.69 Å². The van der Waals surface area contributed by atoms with Crippen LogP contribution in [0.2, 0.25) is 0 Å². The monoisotopic (exact) mass is 368 g/mol.